The second kappa shape index (κ2) is 5.17. The number of nitrogens with two attached hydrogens (primary N) is 1. The first-order chi connectivity index (χ1) is 8.79. The van der Waals surface area contributed by atoms with Crippen LogP contribution in [-0.2, 0) is 6.18 Å². The highest BCUT2D eigenvalue weighted by molar-refractivity contribution is 9.11. The average molecular weight is 402 g/mol. The van der Waals surface area contributed by atoms with Crippen LogP contribution in [0.4, 0.5) is 13.2 Å². The molecule has 1 atom stereocenters. The fourth-order valence-corrected chi connectivity index (χ4v) is 2.49. The first-order valence-corrected chi connectivity index (χ1v) is 6.35. The molecular formula is C9H5Br2F3N4O. The van der Waals surface area contributed by atoms with E-state index in [4.69, 9.17) is 5.73 Å². The van der Waals surface area contributed by atoms with Crippen molar-refractivity contribution in [2.75, 3.05) is 0 Å². The van der Waals surface area contributed by atoms with Crippen LogP contribution in [0.25, 0.3) is 0 Å². The first kappa shape index (κ1) is 14.4. The molecule has 0 fully saturated rings. The molecule has 19 heavy (non-hydrogen) atoms. The number of hydrogen-bond acceptors (Lipinski definition) is 5. The highest BCUT2D eigenvalue weighted by atomic mass is 79.9. The van der Waals surface area contributed by atoms with Crippen LogP contribution >= 0.6 is 31.9 Å². The van der Waals surface area contributed by atoms with Gasteiger partial charge in [-0.05, 0) is 37.9 Å². The lowest BCUT2D eigenvalue weighted by Gasteiger charge is -2.08. The summed E-state index contributed by atoms with van der Waals surface area (Å²) in [4.78, 5) is 7.22. The highest BCUT2D eigenvalue weighted by Crippen LogP contribution is 2.30. The molecule has 0 saturated carbocycles. The summed E-state index contributed by atoms with van der Waals surface area (Å²) in [5, 5.41) is 3.22. The quantitative estimate of drug-likeness (QED) is 0.836. The van der Waals surface area contributed by atoms with Gasteiger partial charge in [0.1, 0.15) is 6.04 Å². The molecule has 0 aliphatic carbocycles. The second-order valence-corrected chi connectivity index (χ2v) is 5.22. The molecule has 102 valence electrons. The fraction of sp³-hybridized carbons (Fsp3) is 0.222. The molecule has 10 heteroatoms. The van der Waals surface area contributed by atoms with Crippen molar-refractivity contribution in [2.24, 2.45) is 5.73 Å². The van der Waals surface area contributed by atoms with Crippen LogP contribution in [0, 0.1) is 0 Å². The highest BCUT2D eigenvalue weighted by Gasteiger charge is 2.39. The molecule has 2 N–H and O–H groups in total. The second-order valence-electron chi connectivity index (χ2n) is 3.45. The van der Waals surface area contributed by atoms with E-state index in [0.717, 1.165) is 0 Å². The number of aromatic nitrogens is 3. The maximum Gasteiger partial charge on any atom is 0.471 e. The van der Waals surface area contributed by atoms with Crippen molar-refractivity contribution in [2.45, 2.75) is 12.2 Å². The molecule has 2 aromatic rings. The summed E-state index contributed by atoms with van der Waals surface area (Å²) < 4.78 is 42.3. The Kier molecular flexibility index (Phi) is 3.92. The Balaban J connectivity index is 2.34. The van der Waals surface area contributed by atoms with Gasteiger partial charge >= 0.3 is 12.1 Å². The number of rotatable bonds is 2. The standard InChI is InChI=1S/C9H5Br2F3N4O/c10-3-1-4(11)6(16-2-3)5(15)7-17-8(19-18-7)9(12,13)14/h1-2,5H,15H2. The molecule has 0 aliphatic heterocycles. The molecule has 0 radical (unpaired) electrons. The molecule has 0 spiro atoms. The SMILES string of the molecule is NC(c1noc(C(F)(F)F)n1)c1ncc(Br)cc1Br. The van der Waals surface area contributed by atoms with Crippen LogP contribution < -0.4 is 5.73 Å². The van der Waals surface area contributed by atoms with Crippen molar-refractivity contribution >= 4 is 31.9 Å². The van der Waals surface area contributed by atoms with Crippen molar-refractivity contribution < 1.29 is 17.7 Å². The average Bonchev–Trinajstić information content (AvgIpc) is 2.76. The maximum absolute atomic E-state index is 12.3. The van der Waals surface area contributed by atoms with E-state index in [2.05, 4.69) is 51.5 Å². The predicted octanol–water partition coefficient (Wildman–Crippen LogP) is 3.06. The van der Waals surface area contributed by atoms with Crippen LogP contribution in [0.5, 0.6) is 0 Å². The van der Waals surface area contributed by atoms with Gasteiger partial charge in [-0.1, -0.05) is 5.16 Å². The van der Waals surface area contributed by atoms with E-state index in [9.17, 15) is 13.2 Å². The smallest absolute Gasteiger partial charge is 0.329 e. The van der Waals surface area contributed by atoms with Crippen molar-refractivity contribution in [3.8, 4) is 0 Å². The van der Waals surface area contributed by atoms with E-state index < -0.39 is 18.1 Å². The van der Waals surface area contributed by atoms with Gasteiger partial charge < -0.3 is 10.3 Å². The zero-order valence-corrected chi connectivity index (χ0v) is 12.1. The van der Waals surface area contributed by atoms with Gasteiger partial charge in [-0.15, -0.1) is 0 Å². The van der Waals surface area contributed by atoms with Gasteiger partial charge in [0.05, 0.1) is 5.69 Å². The Hall–Kier alpha value is -1.00. The minimum atomic E-state index is -4.70. The third-order valence-electron chi connectivity index (χ3n) is 2.09. The largest absolute Gasteiger partial charge is 0.471 e. The molecule has 0 bridgehead atoms. The van der Waals surface area contributed by atoms with E-state index in [1.54, 1.807) is 6.07 Å². The number of halogens is 5. The predicted molar refractivity (Wildman–Crippen MR) is 65.0 cm³/mol. The van der Waals surface area contributed by atoms with E-state index in [1.165, 1.54) is 6.20 Å². The Bertz CT molecular complexity index is 601. The van der Waals surface area contributed by atoms with E-state index in [0.29, 0.717) is 14.6 Å². The minimum absolute atomic E-state index is 0.289. The number of hydrogen-bond donors (Lipinski definition) is 1. The van der Waals surface area contributed by atoms with Crippen molar-refractivity contribution in [3.05, 3.63) is 38.6 Å². The minimum Gasteiger partial charge on any atom is -0.329 e. The van der Waals surface area contributed by atoms with Crippen LogP contribution in [0.1, 0.15) is 23.5 Å². The third-order valence-corrected chi connectivity index (χ3v) is 3.16. The summed E-state index contributed by atoms with van der Waals surface area (Å²) in [5.41, 5.74) is 6.07. The lowest BCUT2D eigenvalue weighted by Crippen LogP contribution is -2.16. The molecule has 2 heterocycles. The van der Waals surface area contributed by atoms with Gasteiger partial charge in [0.2, 0.25) is 0 Å². The first-order valence-electron chi connectivity index (χ1n) is 4.76. The van der Waals surface area contributed by atoms with Crippen molar-refractivity contribution in [3.63, 3.8) is 0 Å². The van der Waals surface area contributed by atoms with Gasteiger partial charge in [0.15, 0.2) is 5.82 Å². The van der Waals surface area contributed by atoms with Crippen LogP contribution in [-0.4, -0.2) is 15.1 Å². The molecule has 0 aromatic carbocycles. The summed E-state index contributed by atoms with van der Waals surface area (Å²) in [6.07, 6.45) is -3.24. The van der Waals surface area contributed by atoms with Gasteiger partial charge in [-0.2, -0.15) is 18.2 Å². The van der Waals surface area contributed by atoms with Crippen LogP contribution in [0.3, 0.4) is 0 Å². The topological polar surface area (TPSA) is 77.8 Å². The van der Waals surface area contributed by atoms with Gasteiger partial charge in [-0.25, -0.2) is 0 Å². The molecule has 0 amide bonds. The molecular weight excluding hydrogens is 397 g/mol. The fourth-order valence-electron chi connectivity index (χ4n) is 1.25. The Morgan fingerprint density at radius 1 is 1.32 bits per heavy atom. The van der Waals surface area contributed by atoms with Crippen molar-refractivity contribution in [1.29, 1.82) is 0 Å². The van der Waals surface area contributed by atoms with Gasteiger partial charge in [-0.3, -0.25) is 4.98 Å². The zero-order chi connectivity index (χ0) is 14.2. The summed E-state index contributed by atoms with van der Waals surface area (Å²) in [6, 6.07) is 0.634. The monoisotopic (exact) mass is 400 g/mol. The molecule has 2 rings (SSSR count). The number of pyridine rings is 1. The molecule has 0 saturated heterocycles. The van der Waals surface area contributed by atoms with Gasteiger partial charge in [0.25, 0.3) is 0 Å². The lowest BCUT2D eigenvalue weighted by molar-refractivity contribution is -0.159. The van der Waals surface area contributed by atoms with Crippen LogP contribution in [0.15, 0.2) is 25.7 Å². The molecule has 5 nitrogen and oxygen atoms in total. The van der Waals surface area contributed by atoms with E-state index in [1.807, 2.05) is 0 Å². The maximum atomic E-state index is 12.3. The molecule has 1 unspecified atom stereocenters. The Morgan fingerprint density at radius 3 is 2.53 bits per heavy atom. The summed E-state index contributed by atoms with van der Waals surface area (Å²) >= 11 is 6.41. The van der Waals surface area contributed by atoms with Crippen molar-refractivity contribution in [1.82, 2.24) is 15.1 Å². The van der Waals surface area contributed by atoms with E-state index in [-0.39, 0.29) is 5.82 Å². The Morgan fingerprint density at radius 2 is 2.00 bits per heavy atom. The Labute approximate surface area is 121 Å². The summed E-state index contributed by atoms with van der Waals surface area (Å²) in [7, 11) is 0. The van der Waals surface area contributed by atoms with Gasteiger partial charge in [0, 0.05) is 15.1 Å². The number of alkyl halides is 3. The zero-order valence-electron chi connectivity index (χ0n) is 8.95. The molecule has 2 aromatic heterocycles. The van der Waals surface area contributed by atoms with Crippen LogP contribution in [0.2, 0.25) is 0 Å². The number of nitrogens with zero attached hydrogens (tertiary/aromatic N) is 3. The lowest BCUT2D eigenvalue weighted by atomic mass is 10.2. The summed E-state index contributed by atoms with van der Waals surface area (Å²) in [6.45, 7) is 0. The molecule has 0 aliphatic rings. The summed E-state index contributed by atoms with van der Waals surface area (Å²) in [5.74, 6) is -1.73. The third kappa shape index (κ3) is 3.12. The normalized spacial score (nSPS) is 13.6. The van der Waals surface area contributed by atoms with E-state index >= 15 is 0 Å².